The molecule has 1 radical (unpaired) electrons. The van der Waals surface area contributed by atoms with E-state index in [-0.39, 0.29) is 0 Å². The highest BCUT2D eigenvalue weighted by Crippen LogP contribution is 2.06. The molecule has 0 spiro atoms. The van der Waals surface area contributed by atoms with Gasteiger partial charge in [-0.1, -0.05) is 0 Å². The molecule has 2 N–H and O–H groups in total. The predicted octanol–water partition coefficient (Wildman–Crippen LogP) is 0.269. The predicted molar refractivity (Wildman–Crippen MR) is 33.6 cm³/mol. The van der Waals surface area contributed by atoms with Gasteiger partial charge in [-0.2, -0.15) is 0 Å². The molecular formula is C6H13N2. The molecule has 1 aliphatic heterocycles. The van der Waals surface area contributed by atoms with Crippen LogP contribution in [0.25, 0.3) is 0 Å². The third-order valence-electron chi connectivity index (χ3n) is 1.69. The van der Waals surface area contributed by atoms with Crippen LogP contribution in [0.1, 0.15) is 12.8 Å². The summed E-state index contributed by atoms with van der Waals surface area (Å²) in [4.78, 5) is 0. The van der Waals surface area contributed by atoms with Crippen LogP contribution in [0.2, 0.25) is 0 Å². The van der Waals surface area contributed by atoms with Gasteiger partial charge in [-0.15, -0.1) is 0 Å². The zero-order valence-electron chi connectivity index (χ0n) is 5.11. The fourth-order valence-electron chi connectivity index (χ4n) is 1.10. The van der Waals surface area contributed by atoms with E-state index < -0.39 is 0 Å². The Morgan fingerprint density at radius 2 is 2.50 bits per heavy atom. The van der Waals surface area contributed by atoms with Crippen molar-refractivity contribution in [2.75, 3.05) is 19.6 Å². The molecule has 0 aromatic heterocycles. The van der Waals surface area contributed by atoms with E-state index in [1.54, 1.807) is 0 Å². The van der Waals surface area contributed by atoms with Gasteiger partial charge in [0.2, 0.25) is 0 Å². The minimum Gasteiger partial charge on any atom is -0.316 e. The van der Waals surface area contributed by atoms with Crippen LogP contribution >= 0.6 is 0 Å². The summed E-state index contributed by atoms with van der Waals surface area (Å²) in [6.45, 7) is 2.84. The smallest absolute Gasteiger partial charge is 0.0140 e. The molecule has 8 heavy (non-hydrogen) atoms. The first-order valence-corrected chi connectivity index (χ1v) is 3.29. The Morgan fingerprint density at radius 1 is 1.62 bits per heavy atom. The lowest BCUT2D eigenvalue weighted by Crippen LogP contribution is -2.31. The molecule has 1 saturated heterocycles. The Labute approximate surface area is 50.4 Å². The van der Waals surface area contributed by atoms with Crippen LogP contribution in [0.3, 0.4) is 0 Å². The standard InChI is InChI=1S/C6H13N2/c7-4-6-2-1-3-8-5-6/h6-8H,1-5H2/t6-/m0/s1. The quantitative estimate of drug-likeness (QED) is 0.520. The van der Waals surface area contributed by atoms with Gasteiger partial charge in [-0.05, 0) is 31.8 Å². The monoisotopic (exact) mass is 113 g/mol. The molecule has 2 nitrogen and oxygen atoms in total. The summed E-state index contributed by atoms with van der Waals surface area (Å²) in [6.07, 6.45) is 2.53. The number of hydrogen-bond acceptors (Lipinski definition) is 1. The highest BCUT2D eigenvalue weighted by molar-refractivity contribution is 4.68. The lowest BCUT2D eigenvalue weighted by molar-refractivity contribution is 0.382. The maximum absolute atomic E-state index is 7.06. The van der Waals surface area contributed by atoms with Crippen molar-refractivity contribution in [1.29, 1.82) is 0 Å². The Morgan fingerprint density at radius 3 is 2.88 bits per heavy atom. The van der Waals surface area contributed by atoms with Gasteiger partial charge < -0.3 is 5.32 Å². The molecule has 1 atom stereocenters. The van der Waals surface area contributed by atoms with Crippen molar-refractivity contribution in [3.8, 4) is 0 Å². The lowest BCUT2D eigenvalue weighted by Gasteiger charge is -2.19. The van der Waals surface area contributed by atoms with Crippen molar-refractivity contribution in [1.82, 2.24) is 11.1 Å². The number of hydrogen-bond donors (Lipinski definition) is 1. The molecular weight excluding hydrogens is 100 g/mol. The second-order valence-corrected chi connectivity index (χ2v) is 2.42. The third kappa shape index (κ3) is 1.46. The largest absolute Gasteiger partial charge is 0.316 e. The summed E-state index contributed by atoms with van der Waals surface area (Å²) in [5.41, 5.74) is 7.06. The van der Waals surface area contributed by atoms with Crippen molar-refractivity contribution >= 4 is 0 Å². The van der Waals surface area contributed by atoms with Crippen molar-refractivity contribution in [3.63, 3.8) is 0 Å². The highest BCUT2D eigenvalue weighted by Gasteiger charge is 2.09. The topological polar surface area (TPSA) is 35.8 Å². The van der Waals surface area contributed by atoms with Gasteiger partial charge in [0.25, 0.3) is 0 Å². The molecule has 0 aromatic rings. The minimum absolute atomic E-state index is 0.604. The zero-order valence-corrected chi connectivity index (χ0v) is 5.11. The Kier molecular flexibility index (Phi) is 2.30. The summed E-state index contributed by atoms with van der Waals surface area (Å²) in [7, 11) is 0. The first-order valence-electron chi connectivity index (χ1n) is 3.29. The normalized spacial score (nSPS) is 30.4. The second kappa shape index (κ2) is 3.05. The average Bonchev–Trinajstić information content (AvgIpc) is 1.90. The van der Waals surface area contributed by atoms with Crippen LogP contribution in [0.5, 0.6) is 0 Å². The molecule has 0 unspecified atom stereocenters. The first kappa shape index (κ1) is 6.05. The summed E-state index contributed by atoms with van der Waals surface area (Å²) in [5, 5.41) is 3.27. The number of piperidine rings is 1. The van der Waals surface area contributed by atoms with E-state index in [2.05, 4.69) is 5.32 Å². The van der Waals surface area contributed by atoms with Crippen molar-refractivity contribution in [2.45, 2.75) is 12.8 Å². The summed E-state index contributed by atoms with van der Waals surface area (Å²) < 4.78 is 0. The maximum atomic E-state index is 7.06. The summed E-state index contributed by atoms with van der Waals surface area (Å²) >= 11 is 0. The molecule has 1 aliphatic rings. The van der Waals surface area contributed by atoms with Gasteiger partial charge in [0.05, 0.1) is 0 Å². The molecule has 0 aromatic carbocycles. The van der Waals surface area contributed by atoms with Crippen LogP contribution in [-0.4, -0.2) is 19.6 Å². The van der Waals surface area contributed by atoms with E-state index in [0.29, 0.717) is 12.5 Å². The second-order valence-electron chi connectivity index (χ2n) is 2.42. The Balaban J connectivity index is 2.13. The van der Waals surface area contributed by atoms with Crippen molar-refractivity contribution < 1.29 is 0 Å². The van der Waals surface area contributed by atoms with E-state index in [4.69, 9.17) is 5.73 Å². The Hall–Kier alpha value is -0.0800. The van der Waals surface area contributed by atoms with Crippen LogP contribution in [0.15, 0.2) is 0 Å². The van der Waals surface area contributed by atoms with Crippen LogP contribution in [0.4, 0.5) is 0 Å². The molecule has 0 amide bonds. The average molecular weight is 113 g/mol. The number of rotatable bonds is 1. The molecule has 0 bridgehead atoms. The molecule has 2 heteroatoms. The first-order chi connectivity index (χ1) is 3.93. The van der Waals surface area contributed by atoms with Gasteiger partial charge in [-0.3, -0.25) is 5.73 Å². The van der Waals surface area contributed by atoms with Crippen molar-refractivity contribution in [3.05, 3.63) is 0 Å². The van der Waals surface area contributed by atoms with Crippen molar-refractivity contribution in [2.24, 2.45) is 5.92 Å². The zero-order chi connectivity index (χ0) is 5.82. The van der Waals surface area contributed by atoms with E-state index in [0.717, 1.165) is 13.1 Å². The van der Waals surface area contributed by atoms with Crippen LogP contribution in [-0.2, 0) is 0 Å². The van der Waals surface area contributed by atoms with E-state index >= 15 is 0 Å². The molecule has 1 heterocycles. The van der Waals surface area contributed by atoms with Crippen LogP contribution < -0.4 is 11.1 Å². The maximum Gasteiger partial charge on any atom is 0.0140 e. The fraction of sp³-hybridized carbons (Fsp3) is 1.00. The highest BCUT2D eigenvalue weighted by atomic mass is 14.9. The van der Waals surface area contributed by atoms with E-state index in [9.17, 15) is 0 Å². The summed E-state index contributed by atoms with van der Waals surface area (Å²) in [5.74, 6) is 0.642. The van der Waals surface area contributed by atoms with Gasteiger partial charge in [0.1, 0.15) is 0 Å². The number of nitrogens with one attached hydrogen (secondary N) is 2. The van der Waals surface area contributed by atoms with Crippen LogP contribution in [0, 0.1) is 5.92 Å². The van der Waals surface area contributed by atoms with Gasteiger partial charge in [0, 0.05) is 6.54 Å². The fourth-order valence-corrected chi connectivity index (χ4v) is 1.10. The molecule has 0 aliphatic carbocycles. The van der Waals surface area contributed by atoms with Gasteiger partial charge >= 0.3 is 0 Å². The molecule has 47 valence electrons. The summed E-state index contributed by atoms with van der Waals surface area (Å²) in [6, 6.07) is 0. The van der Waals surface area contributed by atoms with Gasteiger partial charge in [-0.25, -0.2) is 0 Å². The van der Waals surface area contributed by atoms with E-state index in [1.165, 1.54) is 12.8 Å². The SMILES string of the molecule is [NH]C[C@@H]1CCCNC1. The molecule has 1 fully saturated rings. The lowest BCUT2D eigenvalue weighted by atomic mass is 10.0. The molecule has 0 saturated carbocycles. The Bertz CT molecular complexity index is 57.5. The molecule has 1 rings (SSSR count). The minimum atomic E-state index is 0.604. The third-order valence-corrected chi connectivity index (χ3v) is 1.69. The van der Waals surface area contributed by atoms with Gasteiger partial charge in [0.15, 0.2) is 0 Å². The van der Waals surface area contributed by atoms with E-state index in [1.807, 2.05) is 0 Å².